The zero-order valence-corrected chi connectivity index (χ0v) is 19.7. The van der Waals surface area contributed by atoms with E-state index in [1.807, 2.05) is 0 Å². The Bertz CT molecular complexity index is 1080. The number of alkyl halides is 29. The Morgan fingerprint density at radius 1 is 0.298 bits per heavy atom. The maximum atomic E-state index is 14.2. The molecule has 0 spiro atoms. The van der Waals surface area contributed by atoms with Crippen LogP contribution in [0.1, 0.15) is 0 Å². The van der Waals surface area contributed by atoms with E-state index in [4.69, 9.17) is 0 Å². The molecular formula is C14HF29O4. The molecule has 0 unspecified atom stereocenters. The van der Waals surface area contributed by atoms with Crippen molar-refractivity contribution in [1.29, 1.82) is 0 Å². The highest BCUT2D eigenvalue weighted by atomic mass is 19.4. The molecule has 284 valence electrons. The van der Waals surface area contributed by atoms with E-state index in [1.165, 1.54) is 4.74 Å². The molecule has 0 saturated carbocycles. The van der Waals surface area contributed by atoms with E-state index in [9.17, 15) is 127 Å². The molecule has 0 N–H and O–H groups in total. The summed E-state index contributed by atoms with van der Waals surface area (Å²) < 4.78 is 381. The van der Waals surface area contributed by atoms with Gasteiger partial charge in [-0.25, -0.2) is 4.39 Å². The summed E-state index contributed by atoms with van der Waals surface area (Å²) in [5.41, 5.74) is 0. The smallest absolute Gasteiger partial charge is 0.272 e. The molecule has 33 heteroatoms. The lowest BCUT2D eigenvalue weighted by Crippen LogP contribution is -2.71. The third-order valence-corrected chi connectivity index (χ3v) is 4.25. The van der Waals surface area contributed by atoms with Crippen molar-refractivity contribution < 1.29 is 146 Å². The first-order valence-electron chi connectivity index (χ1n) is 9.46. The summed E-state index contributed by atoms with van der Waals surface area (Å²) in [6.45, 7) is 0. The molecule has 0 rings (SSSR count). The molecule has 0 aromatic heterocycles. The monoisotopic (exact) mass is 784 g/mol. The Morgan fingerprint density at radius 2 is 0.532 bits per heavy atom. The van der Waals surface area contributed by atoms with Gasteiger partial charge in [0, 0.05) is 0 Å². The summed E-state index contributed by atoms with van der Waals surface area (Å²) >= 11 is 0. The minimum atomic E-state index is -9.13. The molecule has 0 aromatic rings. The second-order valence-corrected chi connectivity index (χ2v) is 7.70. The van der Waals surface area contributed by atoms with Gasteiger partial charge in [-0.05, 0) is 0 Å². The molecule has 0 radical (unpaired) electrons. The van der Waals surface area contributed by atoms with Crippen LogP contribution in [0.5, 0.6) is 0 Å². The molecule has 0 aliphatic carbocycles. The summed E-state index contributed by atoms with van der Waals surface area (Å²) in [5.74, 6) is -35.1. The predicted molar refractivity (Wildman–Crippen MR) is 75.8 cm³/mol. The van der Waals surface area contributed by atoms with Crippen LogP contribution in [-0.4, -0.2) is 85.2 Å². The van der Waals surface area contributed by atoms with Crippen molar-refractivity contribution in [1.82, 2.24) is 0 Å². The van der Waals surface area contributed by atoms with E-state index in [-0.39, 0.29) is 0 Å². The maximum Gasteiger partial charge on any atom is 0.462 e. The second kappa shape index (κ2) is 11.7. The quantitative estimate of drug-likeness (QED) is 0.185. The summed E-state index contributed by atoms with van der Waals surface area (Å²) in [7, 11) is 0. The van der Waals surface area contributed by atoms with Crippen LogP contribution < -0.4 is 0 Å². The van der Waals surface area contributed by atoms with Crippen molar-refractivity contribution in [3.8, 4) is 0 Å². The minimum absolute atomic E-state index is 0.844. The van der Waals surface area contributed by atoms with Crippen LogP contribution in [0.25, 0.3) is 0 Å². The Balaban J connectivity index is 7.48. The number of rotatable bonds is 12. The molecule has 47 heavy (non-hydrogen) atoms. The SMILES string of the molecule is F[C@H](OC(F)(F)[C@](F)(OC(F)(F)[C@](F)(OC(F)(F)[C@](F)(OC(F)(F)C(F)(F)C(F)(F)F)C(F)(F)F)C(F)(F)F)C(F)(F)F)C(F)(F)F. The first-order chi connectivity index (χ1) is 19.7. The predicted octanol–water partition coefficient (Wildman–Crippen LogP) is 9.16. The molecule has 0 aliphatic rings. The largest absolute Gasteiger partial charge is 0.462 e. The lowest BCUT2D eigenvalue weighted by Gasteiger charge is -2.43. The van der Waals surface area contributed by atoms with Crippen LogP contribution in [0.2, 0.25) is 0 Å². The van der Waals surface area contributed by atoms with Gasteiger partial charge in [0.1, 0.15) is 0 Å². The van der Waals surface area contributed by atoms with E-state index in [2.05, 4.69) is 0 Å². The molecule has 0 aliphatic heterocycles. The number of hydrogen-bond donors (Lipinski definition) is 0. The van der Waals surface area contributed by atoms with Crippen molar-refractivity contribution in [2.75, 3.05) is 0 Å². The van der Waals surface area contributed by atoms with Gasteiger partial charge < -0.3 is 0 Å². The lowest BCUT2D eigenvalue weighted by molar-refractivity contribution is -0.590. The van der Waals surface area contributed by atoms with E-state index < -0.39 is 85.2 Å². The first kappa shape index (κ1) is 44.8. The van der Waals surface area contributed by atoms with Gasteiger partial charge in [0.15, 0.2) is 0 Å². The van der Waals surface area contributed by atoms with Crippen LogP contribution in [0.15, 0.2) is 0 Å². The number of halogens is 29. The van der Waals surface area contributed by atoms with Crippen LogP contribution in [0.3, 0.4) is 0 Å². The normalized spacial score (nSPS) is 20.4. The molecular weight excluding hydrogens is 783 g/mol. The minimum Gasteiger partial charge on any atom is -0.272 e. The van der Waals surface area contributed by atoms with Crippen molar-refractivity contribution in [2.24, 2.45) is 0 Å². The van der Waals surface area contributed by atoms with Crippen LogP contribution in [-0.2, 0) is 18.9 Å². The average Bonchev–Trinajstić information content (AvgIpc) is 2.73. The van der Waals surface area contributed by atoms with Crippen molar-refractivity contribution in [3.63, 3.8) is 0 Å². The van der Waals surface area contributed by atoms with Crippen LogP contribution in [0, 0.1) is 0 Å². The second-order valence-electron chi connectivity index (χ2n) is 7.70. The van der Waals surface area contributed by atoms with Gasteiger partial charge in [-0.15, -0.1) is 0 Å². The summed E-state index contributed by atoms with van der Waals surface area (Å²) in [6, 6.07) is 0. The fourth-order valence-electron chi connectivity index (χ4n) is 2.01. The summed E-state index contributed by atoms with van der Waals surface area (Å²) in [4.78, 5) is 0. The fraction of sp³-hybridized carbons (Fsp3) is 1.00. The van der Waals surface area contributed by atoms with Gasteiger partial charge in [-0.2, -0.15) is 123 Å². The zero-order valence-electron chi connectivity index (χ0n) is 19.7. The van der Waals surface area contributed by atoms with Gasteiger partial charge in [0.2, 0.25) is 0 Å². The highest BCUT2D eigenvalue weighted by Crippen LogP contribution is 2.60. The summed E-state index contributed by atoms with van der Waals surface area (Å²) in [5, 5.41) is 0. The molecule has 0 heterocycles. The van der Waals surface area contributed by atoms with Crippen LogP contribution in [0.4, 0.5) is 127 Å². The topological polar surface area (TPSA) is 36.9 Å². The number of ether oxygens (including phenoxy) is 4. The van der Waals surface area contributed by atoms with E-state index in [0.717, 1.165) is 14.2 Å². The molecule has 0 aromatic carbocycles. The number of hydrogen-bond acceptors (Lipinski definition) is 4. The van der Waals surface area contributed by atoms with Crippen molar-refractivity contribution in [3.05, 3.63) is 0 Å². The standard InChI is InChI=1S/C14HF29O4/c15-1(2(16,17)18)44-12(38,39)4(21,8(27,28)29)46-14(42,43)6(23,10(33,34)35)47-13(40,41)5(22,9(30,31)32)45-11(36,37)3(19,20)7(24,25)26/h1H/t1-,4-,5-,6-/m1/s1. The van der Waals surface area contributed by atoms with Gasteiger partial charge in [0.05, 0.1) is 0 Å². The highest BCUT2D eigenvalue weighted by Gasteiger charge is 2.89. The third kappa shape index (κ3) is 7.84. The molecule has 0 bridgehead atoms. The molecule has 0 fully saturated rings. The van der Waals surface area contributed by atoms with Crippen LogP contribution >= 0.6 is 0 Å². The maximum absolute atomic E-state index is 14.2. The zero-order chi connectivity index (χ0) is 38.9. The fourth-order valence-corrected chi connectivity index (χ4v) is 2.01. The Labute approximate surface area is 233 Å². The van der Waals surface area contributed by atoms with E-state index in [0.29, 0.717) is 0 Å². The summed E-state index contributed by atoms with van der Waals surface area (Å²) in [6.07, 6.45) is -81.9. The molecule has 4 nitrogen and oxygen atoms in total. The van der Waals surface area contributed by atoms with Crippen molar-refractivity contribution in [2.45, 2.75) is 85.2 Å². The molecule has 0 amide bonds. The van der Waals surface area contributed by atoms with Gasteiger partial charge in [-0.3, -0.25) is 18.9 Å². The van der Waals surface area contributed by atoms with Gasteiger partial charge in [-0.1, -0.05) is 0 Å². The van der Waals surface area contributed by atoms with E-state index in [1.54, 1.807) is 0 Å². The third-order valence-electron chi connectivity index (χ3n) is 4.25. The average molecular weight is 784 g/mol. The van der Waals surface area contributed by atoms with Gasteiger partial charge >= 0.3 is 78.8 Å². The Morgan fingerprint density at radius 3 is 0.745 bits per heavy atom. The van der Waals surface area contributed by atoms with Gasteiger partial charge in [0.25, 0.3) is 6.36 Å². The first-order valence-corrected chi connectivity index (χ1v) is 9.46. The van der Waals surface area contributed by atoms with Crippen molar-refractivity contribution >= 4 is 0 Å². The molecule has 4 atom stereocenters. The highest BCUT2D eigenvalue weighted by molar-refractivity contribution is 4.98. The van der Waals surface area contributed by atoms with E-state index >= 15 is 0 Å². The Hall–Kier alpha value is -2.19. The molecule has 0 saturated heterocycles. The Kier molecular flexibility index (Phi) is 11.2. The lowest BCUT2D eigenvalue weighted by atomic mass is 10.2.